The van der Waals surface area contributed by atoms with Gasteiger partial charge in [0, 0.05) is 31.7 Å². The molecule has 0 amide bonds. The van der Waals surface area contributed by atoms with Gasteiger partial charge in [-0.05, 0) is 12.1 Å². The number of nitrogens with two attached hydrogens (primary N) is 1. The highest BCUT2D eigenvalue weighted by molar-refractivity contribution is 7.89. The van der Waals surface area contributed by atoms with Crippen molar-refractivity contribution < 1.29 is 18.3 Å². The van der Waals surface area contributed by atoms with Crippen LogP contribution in [0, 0.1) is 5.92 Å². The van der Waals surface area contributed by atoms with E-state index in [0.717, 1.165) is 0 Å². The molecule has 1 aliphatic heterocycles. The predicted octanol–water partition coefficient (Wildman–Crippen LogP) is -0.110. The Morgan fingerprint density at radius 1 is 1.50 bits per heavy atom. The minimum Gasteiger partial charge on any atom is -0.497 e. The van der Waals surface area contributed by atoms with Gasteiger partial charge in [-0.3, -0.25) is 0 Å². The smallest absolute Gasteiger partial charge is 0.245 e. The van der Waals surface area contributed by atoms with Crippen molar-refractivity contribution >= 4 is 15.7 Å². The van der Waals surface area contributed by atoms with E-state index in [0.29, 0.717) is 18.8 Å². The second-order valence-corrected chi connectivity index (χ2v) is 6.18. The number of benzene rings is 1. The summed E-state index contributed by atoms with van der Waals surface area (Å²) in [7, 11) is -2.07. The molecule has 2 rings (SSSR count). The van der Waals surface area contributed by atoms with Crippen molar-refractivity contribution in [3.05, 3.63) is 18.2 Å². The fraction of sp³-hybridized carbons (Fsp3) is 0.455. The first-order valence-corrected chi connectivity index (χ1v) is 6.97. The maximum absolute atomic E-state index is 12.2. The van der Waals surface area contributed by atoms with Crippen molar-refractivity contribution in [1.82, 2.24) is 4.31 Å². The number of anilines is 1. The Kier molecular flexibility index (Phi) is 3.47. The highest BCUT2D eigenvalue weighted by atomic mass is 32.2. The lowest BCUT2D eigenvalue weighted by molar-refractivity contribution is 0.117. The third-order valence-electron chi connectivity index (χ3n) is 3.02. The molecule has 0 spiro atoms. The van der Waals surface area contributed by atoms with Gasteiger partial charge in [0.2, 0.25) is 10.0 Å². The average molecular weight is 272 g/mol. The van der Waals surface area contributed by atoms with Gasteiger partial charge in [0.15, 0.2) is 0 Å². The Hall–Kier alpha value is -1.31. The first kappa shape index (κ1) is 13.1. The first-order chi connectivity index (χ1) is 8.48. The molecule has 6 nitrogen and oxygen atoms in total. The molecule has 0 saturated carbocycles. The lowest BCUT2D eigenvalue weighted by Gasteiger charge is -2.37. The SMILES string of the molecule is COc1ccc(S(=O)(=O)N2CC(CO)C2)c(N)c1. The van der Waals surface area contributed by atoms with E-state index < -0.39 is 10.0 Å². The highest BCUT2D eigenvalue weighted by Gasteiger charge is 2.37. The summed E-state index contributed by atoms with van der Waals surface area (Å²) in [6, 6.07) is 4.48. The van der Waals surface area contributed by atoms with Crippen molar-refractivity contribution in [2.75, 3.05) is 32.5 Å². The molecule has 0 aliphatic carbocycles. The van der Waals surface area contributed by atoms with E-state index in [1.165, 1.54) is 23.5 Å². The minimum atomic E-state index is -3.56. The van der Waals surface area contributed by atoms with Gasteiger partial charge in [0.1, 0.15) is 10.6 Å². The number of aliphatic hydroxyl groups is 1. The number of hydrogen-bond acceptors (Lipinski definition) is 5. The monoisotopic (exact) mass is 272 g/mol. The van der Waals surface area contributed by atoms with Gasteiger partial charge < -0.3 is 15.6 Å². The third kappa shape index (κ3) is 2.16. The molecule has 1 aromatic rings. The zero-order valence-electron chi connectivity index (χ0n) is 10.0. The van der Waals surface area contributed by atoms with Gasteiger partial charge in [-0.1, -0.05) is 0 Å². The second-order valence-electron chi connectivity index (χ2n) is 4.27. The quantitative estimate of drug-likeness (QED) is 0.746. The fourth-order valence-electron chi connectivity index (χ4n) is 1.86. The lowest BCUT2D eigenvalue weighted by Crippen LogP contribution is -2.51. The topological polar surface area (TPSA) is 92.9 Å². The summed E-state index contributed by atoms with van der Waals surface area (Å²) in [6.45, 7) is 0.679. The van der Waals surface area contributed by atoms with Crippen LogP contribution in [-0.2, 0) is 10.0 Å². The Balaban J connectivity index is 2.26. The van der Waals surface area contributed by atoms with Crippen molar-refractivity contribution in [1.29, 1.82) is 0 Å². The fourth-order valence-corrected chi connectivity index (χ4v) is 3.55. The molecule has 0 aromatic heterocycles. The van der Waals surface area contributed by atoms with E-state index in [1.54, 1.807) is 6.07 Å². The van der Waals surface area contributed by atoms with Crippen LogP contribution in [0.25, 0.3) is 0 Å². The normalized spacial score (nSPS) is 17.4. The van der Waals surface area contributed by atoms with Crippen LogP contribution >= 0.6 is 0 Å². The van der Waals surface area contributed by atoms with E-state index >= 15 is 0 Å². The summed E-state index contributed by atoms with van der Waals surface area (Å²) >= 11 is 0. The molecule has 0 atom stereocenters. The molecule has 1 aromatic carbocycles. The summed E-state index contributed by atoms with van der Waals surface area (Å²) in [5, 5.41) is 8.90. The molecule has 1 heterocycles. The summed E-state index contributed by atoms with van der Waals surface area (Å²) < 4.78 is 30.7. The van der Waals surface area contributed by atoms with Crippen LogP contribution in [0.5, 0.6) is 5.75 Å². The minimum absolute atomic E-state index is 0.00408. The highest BCUT2D eigenvalue weighted by Crippen LogP contribution is 2.30. The molecule has 1 fully saturated rings. The number of rotatable bonds is 4. The molecule has 0 radical (unpaired) electrons. The van der Waals surface area contributed by atoms with E-state index in [9.17, 15) is 8.42 Å². The van der Waals surface area contributed by atoms with Gasteiger partial charge in [0.05, 0.1) is 12.8 Å². The van der Waals surface area contributed by atoms with Crippen LogP contribution in [-0.4, -0.2) is 44.6 Å². The summed E-state index contributed by atoms with van der Waals surface area (Å²) in [6.07, 6.45) is 0. The number of methoxy groups -OCH3 is 1. The van der Waals surface area contributed by atoms with Crippen LogP contribution in [0.4, 0.5) is 5.69 Å². The van der Waals surface area contributed by atoms with E-state index in [-0.39, 0.29) is 23.1 Å². The standard InChI is InChI=1S/C11H16N2O4S/c1-17-9-2-3-11(10(12)4-9)18(15,16)13-5-8(6-13)7-14/h2-4,8,14H,5-7,12H2,1H3. The van der Waals surface area contributed by atoms with E-state index in [4.69, 9.17) is 15.6 Å². The molecule has 0 unspecified atom stereocenters. The van der Waals surface area contributed by atoms with Crippen molar-refractivity contribution in [3.63, 3.8) is 0 Å². The largest absolute Gasteiger partial charge is 0.497 e. The Morgan fingerprint density at radius 2 is 2.17 bits per heavy atom. The number of ether oxygens (including phenoxy) is 1. The first-order valence-electron chi connectivity index (χ1n) is 5.53. The van der Waals surface area contributed by atoms with Gasteiger partial charge in [-0.2, -0.15) is 4.31 Å². The molecule has 3 N–H and O–H groups in total. The van der Waals surface area contributed by atoms with Crippen LogP contribution in [0.3, 0.4) is 0 Å². The van der Waals surface area contributed by atoms with Crippen molar-refractivity contribution in [2.45, 2.75) is 4.90 Å². The van der Waals surface area contributed by atoms with E-state index in [2.05, 4.69) is 0 Å². The average Bonchev–Trinajstić information content (AvgIpc) is 2.26. The third-order valence-corrected chi connectivity index (χ3v) is 4.92. The molecule has 0 bridgehead atoms. The number of nitrogen functional groups attached to an aromatic ring is 1. The molecular formula is C11H16N2O4S. The van der Waals surface area contributed by atoms with Crippen LogP contribution < -0.4 is 10.5 Å². The van der Waals surface area contributed by atoms with Crippen LogP contribution in [0.1, 0.15) is 0 Å². The number of aliphatic hydroxyl groups excluding tert-OH is 1. The zero-order chi connectivity index (χ0) is 13.3. The van der Waals surface area contributed by atoms with E-state index in [1.807, 2.05) is 0 Å². The zero-order valence-corrected chi connectivity index (χ0v) is 10.9. The number of nitrogens with zero attached hydrogens (tertiary/aromatic N) is 1. The number of hydrogen-bond donors (Lipinski definition) is 2. The Bertz CT molecular complexity index is 538. The second kappa shape index (κ2) is 4.75. The van der Waals surface area contributed by atoms with Crippen LogP contribution in [0.15, 0.2) is 23.1 Å². The molecule has 1 aliphatic rings. The van der Waals surface area contributed by atoms with Crippen molar-refractivity contribution in [2.24, 2.45) is 5.92 Å². The van der Waals surface area contributed by atoms with Gasteiger partial charge >= 0.3 is 0 Å². The Labute approximate surface area is 106 Å². The molecule has 100 valence electrons. The summed E-state index contributed by atoms with van der Waals surface area (Å²) in [4.78, 5) is 0.0830. The molecule has 1 saturated heterocycles. The van der Waals surface area contributed by atoms with Crippen molar-refractivity contribution in [3.8, 4) is 5.75 Å². The molecule has 7 heteroatoms. The number of sulfonamides is 1. The maximum Gasteiger partial charge on any atom is 0.245 e. The Morgan fingerprint density at radius 3 is 2.67 bits per heavy atom. The molecular weight excluding hydrogens is 256 g/mol. The maximum atomic E-state index is 12.2. The van der Waals surface area contributed by atoms with Crippen LogP contribution in [0.2, 0.25) is 0 Å². The lowest BCUT2D eigenvalue weighted by atomic mass is 10.1. The summed E-state index contributed by atoms with van der Waals surface area (Å²) in [5.74, 6) is 0.544. The predicted molar refractivity (Wildman–Crippen MR) is 66.7 cm³/mol. The van der Waals surface area contributed by atoms with Gasteiger partial charge in [-0.25, -0.2) is 8.42 Å². The molecule has 18 heavy (non-hydrogen) atoms. The summed E-state index contributed by atoms with van der Waals surface area (Å²) in [5.41, 5.74) is 5.90. The van der Waals surface area contributed by atoms with Gasteiger partial charge in [-0.15, -0.1) is 0 Å². The van der Waals surface area contributed by atoms with Gasteiger partial charge in [0.25, 0.3) is 0 Å².